The van der Waals surface area contributed by atoms with Crippen LogP contribution in [0.1, 0.15) is 5.56 Å². The zero-order valence-corrected chi connectivity index (χ0v) is 8.03. The molecule has 1 rings (SSSR count). The Labute approximate surface area is 82.0 Å². The molecule has 0 unspecified atom stereocenters. The molecule has 0 aliphatic rings. The van der Waals surface area contributed by atoms with E-state index in [-0.39, 0.29) is 5.71 Å². The van der Waals surface area contributed by atoms with Gasteiger partial charge in [0.05, 0.1) is 14.2 Å². The Hall–Kier alpha value is -1.84. The third-order valence-corrected chi connectivity index (χ3v) is 1.77. The standard InChI is InChI=1S/C10H11NO3/c1-13-8-6-4-3-5-7(8)9(11)10(12)14-2/h3-6,11H,1-2H3. The number of carbonyl (C=O) groups excluding carboxylic acids is 1. The summed E-state index contributed by atoms with van der Waals surface area (Å²) < 4.78 is 9.46. The van der Waals surface area contributed by atoms with Gasteiger partial charge in [-0.1, -0.05) is 12.1 Å². The number of ether oxygens (including phenoxy) is 2. The van der Waals surface area contributed by atoms with Crippen molar-refractivity contribution in [2.24, 2.45) is 0 Å². The molecule has 1 N–H and O–H groups in total. The van der Waals surface area contributed by atoms with Gasteiger partial charge in [0.25, 0.3) is 0 Å². The molecule has 0 spiro atoms. The molecule has 0 aromatic heterocycles. The molecule has 1 aromatic rings. The molecule has 0 radical (unpaired) electrons. The van der Waals surface area contributed by atoms with Gasteiger partial charge in [-0.3, -0.25) is 5.41 Å². The summed E-state index contributed by atoms with van der Waals surface area (Å²) in [6.07, 6.45) is 0. The largest absolute Gasteiger partial charge is 0.496 e. The topological polar surface area (TPSA) is 59.4 Å². The number of esters is 1. The molecule has 0 heterocycles. The van der Waals surface area contributed by atoms with Gasteiger partial charge in [0.1, 0.15) is 5.75 Å². The van der Waals surface area contributed by atoms with E-state index in [4.69, 9.17) is 10.1 Å². The molecule has 0 aliphatic heterocycles. The monoisotopic (exact) mass is 193 g/mol. The molecular weight excluding hydrogens is 182 g/mol. The van der Waals surface area contributed by atoms with E-state index in [1.54, 1.807) is 24.3 Å². The third-order valence-electron chi connectivity index (χ3n) is 1.77. The van der Waals surface area contributed by atoms with E-state index in [2.05, 4.69) is 4.74 Å². The zero-order valence-electron chi connectivity index (χ0n) is 8.03. The van der Waals surface area contributed by atoms with E-state index in [0.717, 1.165) is 0 Å². The van der Waals surface area contributed by atoms with E-state index < -0.39 is 5.97 Å². The van der Waals surface area contributed by atoms with Crippen molar-refractivity contribution in [1.29, 1.82) is 5.41 Å². The van der Waals surface area contributed by atoms with Crippen LogP contribution in [0.4, 0.5) is 0 Å². The number of benzene rings is 1. The van der Waals surface area contributed by atoms with Crippen LogP contribution in [0.2, 0.25) is 0 Å². The smallest absolute Gasteiger partial charge is 0.356 e. The van der Waals surface area contributed by atoms with Crippen LogP contribution < -0.4 is 4.74 Å². The number of hydrogen-bond acceptors (Lipinski definition) is 4. The lowest BCUT2D eigenvalue weighted by Crippen LogP contribution is -2.16. The summed E-state index contributed by atoms with van der Waals surface area (Å²) in [7, 11) is 2.73. The second-order valence-electron chi connectivity index (χ2n) is 2.57. The fraction of sp³-hybridized carbons (Fsp3) is 0.200. The molecule has 0 saturated heterocycles. The second kappa shape index (κ2) is 4.41. The molecule has 0 saturated carbocycles. The highest BCUT2D eigenvalue weighted by Crippen LogP contribution is 2.17. The molecule has 0 bridgehead atoms. The van der Waals surface area contributed by atoms with E-state index >= 15 is 0 Å². The van der Waals surface area contributed by atoms with Gasteiger partial charge in [-0.25, -0.2) is 4.79 Å². The van der Waals surface area contributed by atoms with E-state index in [1.807, 2.05) is 0 Å². The summed E-state index contributed by atoms with van der Waals surface area (Å²) in [6, 6.07) is 6.83. The van der Waals surface area contributed by atoms with Gasteiger partial charge in [0.2, 0.25) is 0 Å². The maximum atomic E-state index is 11.1. The van der Waals surface area contributed by atoms with Crippen molar-refractivity contribution in [3.8, 4) is 5.75 Å². The lowest BCUT2D eigenvalue weighted by molar-refractivity contribution is -0.132. The minimum Gasteiger partial charge on any atom is -0.496 e. The number of hydrogen-bond donors (Lipinski definition) is 1. The second-order valence-corrected chi connectivity index (χ2v) is 2.57. The highest BCUT2D eigenvalue weighted by atomic mass is 16.5. The first-order chi connectivity index (χ1) is 6.70. The molecule has 0 fully saturated rings. The van der Waals surface area contributed by atoms with E-state index in [9.17, 15) is 4.79 Å². The molecule has 74 valence electrons. The summed E-state index contributed by atoms with van der Waals surface area (Å²) in [5.41, 5.74) is 0.229. The predicted octanol–water partition coefficient (Wildman–Crippen LogP) is 1.24. The van der Waals surface area contributed by atoms with Crippen molar-refractivity contribution in [2.45, 2.75) is 0 Å². The van der Waals surface area contributed by atoms with Crippen LogP contribution >= 0.6 is 0 Å². The zero-order chi connectivity index (χ0) is 10.6. The van der Waals surface area contributed by atoms with Crippen molar-refractivity contribution >= 4 is 11.7 Å². The Bertz CT molecular complexity index is 360. The Morgan fingerprint density at radius 1 is 1.29 bits per heavy atom. The Morgan fingerprint density at radius 2 is 1.93 bits per heavy atom. The lowest BCUT2D eigenvalue weighted by atomic mass is 10.1. The Morgan fingerprint density at radius 3 is 2.50 bits per heavy atom. The molecule has 0 aliphatic carbocycles. The predicted molar refractivity (Wildman–Crippen MR) is 51.8 cm³/mol. The first-order valence-electron chi connectivity index (χ1n) is 4.01. The van der Waals surface area contributed by atoms with Crippen LogP contribution in [0, 0.1) is 5.41 Å². The number of carbonyl (C=O) groups is 1. The van der Waals surface area contributed by atoms with Gasteiger partial charge >= 0.3 is 5.97 Å². The van der Waals surface area contributed by atoms with Crippen molar-refractivity contribution in [1.82, 2.24) is 0 Å². The van der Waals surface area contributed by atoms with Crippen LogP contribution in [-0.2, 0) is 9.53 Å². The number of rotatable bonds is 3. The number of para-hydroxylation sites is 1. The van der Waals surface area contributed by atoms with Gasteiger partial charge in [0, 0.05) is 5.56 Å². The molecule has 1 aromatic carbocycles. The average molecular weight is 193 g/mol. The van der Waals surface area contributed by atoms with Gasteiger partial charge in [-0.15, -0.1) is 0 Å². The van der Waals surface area contributed by atoms with Crippen molar-refractivity contribution < 1.29 is 14.3 Å². The summed E-state index contributed by atoms with van der Waals surface area (Å²) in [4.78, 5) is 11.1. The summed E-state index contributed by atoms with van der Waals surface area (Å²) >= 11 is 0. The summed E-state index contributed by atoms with van der Waals surface area (Å²) in [6.45, 7) is 0. The van der Waals surface area contributed by atoms with Crippen molar-refractivity contribution in [3.63, 3.8) is 0 Å². The fourth-order valence-electron chi connectivity index (χ4n) is 1.06. The van der Waals surface area contributed by atoms with Gasteiger partial charge in [-0.05, 0) is 12.1 Å². The van der Waals surface area contributed by atoms with Crippen molar-refractivity contribution in [3.05, 3.63) is 29.8 Å². The molecule has 4 nitrogen and oxygen atoms in total. The third kappa shape index (κ3) is 1.90. The van der Waals surface area contributed by atoms with Gasteiger partial charge in [0.15, 0.2) is 5.71 Å². The van der Waals surface area contributed by atoms with Gasteiger partial charge < -0.3 is 9.47 Å². The molecule has 14 heavy (non-hydrogen) atoms. The Balaban J connectivity index is 3.06. The van der Waals surface area contributed by atoms with Crippen LogP contribution in [0.15, 0.2) is 24.3 Å². The van der Waals surface area contributed by atoms with E-state index in [0.29, 0.717) is 11.3 Å². The minimum atomic E-state index is -0.672. The average Bonchev–Trinajstić information content (AvgIpc) is 2.26. The minimum absolute atomic E-state index is 0.204. The van der Waals surface area contributed by atoms with Crippen LogP contribution in [-0.4, -0.2) is 25.9 Å². The van der Waals surface area contributed by atoms with Crippen LogP contribution in [0.25, 0.3) is 0 Å². The fourth-order valence-corrected chi connectivity index (χ4v) is 1.06. The normalized spacial score (nSPS) is 9.29. The van der Waals surface area contributed by atoms with Crippen molar-refractivity contribution in [2.75, 3.05) is 14.2 Å². The first-order valence-corrected chi connectivity index (χ1v) is 4.01. The quantitative estimate of drug-likeness (QED) is 0.580. The summed E-state index contributed by atoms with van der Waals surface area (Å²) in [5, 5.41) is 7.53. The highest BCUT2D eigenvalue weighted by Gasteiger charge is 2.15. The summed E-state index contributed by atoms with van der Waals surface area (Å²) in [5.74, 6) is -0.183. The first kappa shape index (κ1) is 10.2. The molecule has 4 heteroatoms. The molecule has 0 atom stereocenters. The van der Waals surface area contributed by atoms with Crippen LogP contribution in [0.5, 0.6) is 5.75 Å². The molecular formula is C10H11NO3. The Kier molecular flexibility index (Phi) is 3.23. The van der Waals surface area contributed by atoms with Gasteiger partial charge in [-0.2, -0.15) is 0 Å². The van der Waals surface area contributed by atoms with Crippen LogP contribution in [0.3, 0.4) is 0 Å². The molecule has 0 amide bonds. The maximum absolute atomic E-state index is 11.1. The maximum Gasteiger partial charge on any atom is 0.356 e. The van der Waals surface area contributed by atoms with E-state index in [1.165, 1.54) is 14.2 Å². The SMILES string of the molecule is COC(=O)C(=N)c1ccccc1OC. The number of methoxy groups -OCH3 is 2. The number of nitrogens with one attached hydrogen (secondary N) is 1. The highest BCUT2D eigenvalue weighted by molar-refractivity contribution is 6.42. The lowest BCUT2D eigenvalue weighted by Gasteiger charge is -2.07.